The van der Waals surface area contributed by atoms with E-state index in [1.54, 1.807) is 11.7 Å². The van der Waals surface area contributed by atoms with Gasteiger partial charge in [-0.3, -0.25) is 9.36 Å². The molecule has 0 atom stereocenters. The first kappa shape index (κ1) is 18.7. The van der Waals surface area contributed by atoms with Gasteiger partial charge in [-0.2, -0.15) is 0 Å². The summed E-state index contributed by atoms with van der Waals surface area (Å²) >= 11 is 0. The quantitative estimate of drug-likeness (QED) is 0.481. The summed E-state index contributed by atoms with van der Waals surface area (Å²) in [5, 5.41) is 0.591. The maximum Gasteiger partial charge on any atom is 0.266 e. The maximum atomic E-state index is 13.3. The summed E-state index contributed by atoms with van der Waals surface area (Å²) in [6.45, 7) is 2.14. The summed E-state index contributed by atoms with van der Waals surface area (Å²) in [6.07, 6.45) is 4.88. The number of methoxy groups -OCH3 is 1. The third-order valence-electron chi connectivity index (χ3n) is 4.95. The second kappa shape index (κ2) is 8.15. The second-order valence-electron chi connectivity index (χ2n) is 6.75. The molecule has 29 heavy (non-hydrogen) atoms. The minimum absolute atomic E-state index is 0.0956. The number of para-hydroxylation sites is 1. The largest absolute Gasteiger partial charge is 0.497 e. The van der Waals surface area contributed by atoms with E-state index < -0.39 is 0 Å². The number of hydrogen-bond acceptors (Lipinski definition) is 3. The number of nitrogens with zero attached hydrogens (tertiary/aromatic N) is 2. The van der Waals surface area contributed by atoms with Gasteiger partial charge in [0.1, 0.15) is 11.6 Å². The van der Waals surface area contributed by atoms with Gasteiger partial charge in [0.05, 0.1) is 23.7 Å². The number of hydrogen-bond donors (Lipinski definition) is 0. The summed E-state index contributed by atoms with van der Waals surface area (Å²) < 4.78 is 6.88. The molecule has 0 aliphatic rings. The lowest BCUT2D eigenvalue weighted by Crippen LogP contribution is -2.22. The average Bonchev–Trinajstić information content (AvgIpc) is 2.78. The Morgan fingerprint density at radius 2 is 1.66 bits per heavy atom. The molecule has 4 nitrogen and oxygen atoms in total. The van der Waals surface area contributed by atoms with E-state index in [4.69, 9.17) is 9.72 Å². The van der Waals surface area contributed by atoms with E-state index in [1.165, 1.54) is 5.56 Å². The number of rotatable bonds is 5. The zero-order valence-corrected chi connectivity index (χ0v) is 16.5. The first-order valence-corrected chi connectivity index (χ1v) is 9.63. The molecule has 0 amide bonds. The highest BCUT2D eigenvalue weighted by molar-refractivity contribution is 5.80. The van der Waals surface area contributed by atoms with Crippen molar-refractivity contribution >= 4 is 23.1 Å². The molecule has 0 fully saturated rings. The Labute approximate surface area is 169 Å². The van der Waals surface area contributed by atoms with E-state index in [1.807, 2.05) is 60.7 Å². The molecule has 0 N–H and O–H groups in total. The van der Waals surface area contributed by atoms with Crippen molar-refractivity contribution in [2.24, 2.45) is 0 Å². The van der Waals surface area contributed by atoms with E-state index in [0.717, 1.165) is 23.4 Å². The standard InChI is InChI=1S/C25H22N2O2/c1-3-18-8-10-19(11-9-18)12-17-24-26-23-7-5-4-6-22(23)25(28)27(24)20-13-15-21(29-2)16-14-20/h4-17H,3H2,1-2H3. The molecule has 1 aromatic heterocycles. The molecule has 4 rings (SSSR count). The molecule has 0 aliphatic carbocycles. The third-order valence-corrected chi connectivity index (χ3v) is 4.95. The van der Waals surface area contributed by atoms with E-state index in [0.29, 0.717) is 16.7 Å². The summed E-state index contributed by atoms with van der Waals surface area (Å²) in [7, 11) is 1.62. The highest BCUT2D eigenvalue weighted by atomic mass is 16.5. The van der Waals surface area contributed by atoms with Crippen molar-refractivity contribution in [2.75, 3.05) is 7.11 Å². The topological polar surface area (TPSA) is 44.1 Å². The molecule has 0 unspecified atom stereocenters. The SMILES string of the molecule is CCc1ccc(C=Cc2nc3ccccc3c(=O)n2-c2ccc(OC)cc2)cc1. The molecule has 144 valence electrons. The monoisotopic (exact) mass is 382 g/mol. The number of aryl methyl sites for hydroxylation is 1. The predicted octanol–water partition coefficient (Wildman–Crippen LogP) is 5.13. The van der Waals surface area contributed by atoms with Crippen LogP contribution in [0.3, 0.4) is 0 Å². The highest BCUT2D eigenvalue weighted by Crippen LogP contribution is 2.18. The van der Waals surface area contributed by atoms with Crippen LogP contribution in [0.15, 0.2) is 77.6 Å². The van der Waals surface area contributed by atoms with E-state index in [-0.39, 0.29) is 5.56 Å². The van der Waals surface area contributed by atoms with Crippen LogP contribution in [0.4, 0.5) is 0 Å². The smallest absolute Gasteiger partial charge is 0.266 e. The summed E-state index contributed by atoms with van der Waals surface area (Å²) in [5.74, 6) is 1.32. The predicted molar refractivity (Wildman–Crippen MR) is 119 cm³/mol. The van der Waals surface area contributed by atoms with Crippen molar-refractivity contribution in [3.8, 4) is 11.4 Å². The molecular weight excluding hydrogens is 360 g/mol. The molecule has 0 saturated carbocycles. The first-order valence-electron chi connectivity index (χ1n) is 9.63. The molecule has 0 radical (unpaired) electrons. The van der Waals surface area contributed by atoms with Crippen molar-refractivity contribution in [1.82, 2.24) is 9.55 Å². The van der Waals surface area contributed by atoms with Crippen LogP contribution in [0, 0.1) is 0 Å². The number of fused-ring (bicyclic) bond motifs is 1. The molecule has 0 bridgehead atoms. The molecule has 4 heteroatoms. The van der Waals surface area contributed by atoms with Crippen LogP contribution in [-0.4, -0.2) is 16.7 Å². The molecule has 0 aliphatic heterocycles. The van der Waals surface area contributed by atoms with Gasteiger partial charge in [-0.1, -0.05) is 49.4 Å². The van der Waals surface area contributed by atoms with Crippen molar-refractivity contribution in [2.45, 2.75) is 13.3 Å². The van der Waals surface area contributed by atoms with Gasteiger partial charge in [0.15, 0.2) is 0 Å². The zero-order valence-electron chi connectivity index (χ0n) is 16.5. The van der Waals surface area contributed by atoms with Crippen molar-refractivity contribution < 1.29 is 4.74 Å². The van der Waals surface area contributed by atoms with Gasteiger partial charge in [0, 0.05) is 0 Å². The summed E-state index contributed by atoms with van der Waals surface area (Å²) in [6, 6.07) is 23.2. The second-order valence-corrected chi connectivity index (χ2v) is 6.75. The average molecular weight is 382 g/mol. The molecule has 0 saturated heterocycles. The Hall–Kier alpha value is -3.66. The van der Waals surface area contributed by atoms with Crippen LogP contribution < -0.4 is 10.3 Å². The Balaban J connectivity index is 1.86. The van der Waals surface area contributed by atoms with Crippen molar-refractivity contribution in [3.05, 3.63) is 100 Å². The van der Waals surface area contributed by atoms with Gasteiger partial charge in [0.2, 0.25) is 0 Å². The highest BCUT2D eigenvalue weighted by Gasteiger charge is 2.11. The molecule has 1 heterocycles. The van der Waals surface area contributed by atoms with Crippen LogP contribution >= 0.6 is 0 Å². The number of benzene rings is 3. The summed E-state index contributed by atoms with van der Waals surface area (Å²) in [5.41, 5.74) is 3.69. The fourth-order valence-electron chi connectivity index (χ4n) is 3.28. The number of aromatic nitrogens is 2. The summed E-state index contributed by atoms with van der Waals surface area (Å²) in [4.78, 5) is 18.0. The van der Waals surface area contributed by atoms with Crippen molar-refractivity contribution in [1.29, 1.82) is 0 Å². The lowest BCUT2D eigenvalue weighted by Gasteiger charge is -2.12. The van der Waals surface area contributed by atoms with Gasteiger partial charge in [-0.05, 0) is 60.0 Å². The Bertz CT molecular complexity index is 1220. The Kier molecular flexibility index (Phi) is 5.25. The normalized spacial score (nSPS) is 11.2. The van der Waals surface area contributed by atoms with Crippen LogP contribution in [0.1, 0.15) is 23.9 Å². The Morgan fingerprint density at radius 3 is 2.34 bits per heavy atom. The van der Waals surface area contributed by atoms with E-state index in [9.17, 15) is 4.79 Å². The molecule has 4 aromatic rings. The van der Waals surface area contributed by atoms with E-state index >= 15 is 0 Å². The fourth-order valence-corrected chi connectivity index (χ4v) is 3.28. The van der Waals surface area contributed by atoms with E-state index in [2.05, 4.69) is 31.2 Å². The van der Waals surface area contributed by atoms with Gasteiger partial charge < -0.3 is 4.74 Å². The number of ether oxygens (including phenoxy) is 1. The first-order chi connectivity index (χ1) is 14.2. The van der Waals surface area contributed by atoms with Crippen LogP contribution in [0.5, 0.6) is 5.75 Å². The molecule has 3 aromatic carbocycles. The minimum atomic E-state index is -0.0956. The molecule has 0 spiro atoms. The zero-order chi connectivity index (χ0) is 20.2. The van der Waals surface area contributed by atoms with Crippen LogP contribution in [-0.2, 0) is 6.42 Å². The van der Waals surface area contributed by atoms with Gasteiger partial charge in [-0.25, -0.2) is 4.98 Å². The minimum Gasteiger partial charge on any atom is -0.497 e. The van der Waals surface area contributed by atoms with Crippen LogP contribution in [0.2, 0.25) is 0 Å². The Morgan fingerprint density at radius 1 is 0.931 bits per heavy atom. The maximum absolute atomic E-state index is 13.3. The van der Waals surface area contributed by atoms with Gasteiger partial charge in [0.25, 0.3) is 5.56 Å². The van der Waals surface area contributed by atoms with Gasteiger partial charge in [-0.15, -0.1) is 0 Å². The lowest BCUT2D eigenvalue weighted by atomic mass is 10.1. The molecular formula is C25H22N2O2. The van der Waals surface area contributed by atoms with Gasteiger partial charge >= 0.3 is 0 Å². The fraction of sp³-hybridized carbons (Fsp3) is 0.120. The van der Waals surface area contributed by atoms with Crippen molar-refractivity contribution in [3.63, 3.8) is 0 Å². The third kappa shape index (κ3) is 3.83. The van der Waals surface area contributed by atoms with Crippen LogP contribution in [0.25, 0.3) is 28.7 Å². The lowest BCUT2D eigenvalue weighted by molar-refractivity contribution is 0.414.